The summed E-state index contributed by atoms with van der Waals surface area (Å²) in [4.78, 5) is 2.46. The summed E-state index contributed by atoms with van der Waals surface area (Å²) in [6.07, 6.45) is 2.35. The first-order valence-electron chi connectivity index (χ1n) is 7.43. The first kappa shape index (κ1) is 16.6. The molecular weight excluding hydrogens is 332 g/mol. The van der Waals surface area contributed by atoms with E-state index in [9.17, 15) is 0 Å². The number of piperidine rings is 1. The summed E-state index contributed by atoms with van der Waals surface area (Å²) in [7, 11) is 3.39. The summed E-state index contributed by atoms with van der Waals surface area (Å²) >= 11 is 3.50. The lowest BCUT2D eigenvalue weighted by molar-refractivity contribution is 0.164. The van der Waals surface area contributed by atoms with Gasteiger partial charge in [-0.3, -0.25) is 4.90 Å². The van der Waals surface area contributed by atoms with Gasteiger partial charge in [-0.1, -0.05) is 0 Å². The van der Waals surface area contributed by atoms with Gasteiger partial charge in [-0.2, -0.15) is 0 Å². The van der Waals surface area contributed by atoms with Crippen molar-refractivity contribution < 1.29 is 9.47 Å². The van der Waals surface area contributed by atoms with Gasteiger partial charge in [-0.25, -0.2) is 0 Å². The van der Waals surface area contributed by atoms with Gasteiger partial charge in [0.2, 0.25) is 0 Å². The van der Waals surface area contributed by atoms with Gasteiger partial charge in [-0.05, 0) is 66.8 Å². The maximum absolute atomic E-state index is 6.01. The number of methoxy groups -OCH3 is 2. The fraction of sp³-hybridized carbons (Fsp3) is 0.625. The van der Waals surface area contributed by atoms with Crippen molar-refractivity contribution in [3.8, 4) is 11.5 Å². The first-order valence-corrected chi connectivity index (χ1v) is 8.22. The lowest BCUT2D eigenvalue weighted by atomic mass is 9.91. The molecule has 1 fully saturated rings. The van der Waals surface area contributed by atoms with Crippen LogP contribution in [0.4, 0.5) is 0 Å². The SMILES string of the molecule is COc1cc(CN2CCC(C(C)N)CC2)c(OC)cc1Br. The van der Waals surface area contributed by atoms with Gasteiger partial charge in [0.25, 0.3) is 0 Å². The monoisotopic (exact) mass is 356 g/mol. The maximum atomic E-state index is 6.01. The molecule has 0 amide bonds. The Morgan fingerprint density at radius 1 is 1.24 bits per heavy atom. The average Bonchev–Trinajstić information content (AvgIpc) is 2.49. The van der Waals surface area contributed by atoms with Gasteiger partial charge in [0, 0.05) is 18.2 Å². The Morgan fingerprint density at radius 2 is 1.86 bits per heavy atom. The second-order valence-electron chi connectivity index (χ2n) is 5.77. The fourth-order valence-corrected chi connectivity index (χ4v) is 3.41. The van der Waals surface area contributed by atoms with Gasteiger partial charge in [0.05, 0.1) is 18.7 Å². The largest absolute Gasteiger partial charge is 0.496 e. The van der Waals surface area contributed by atoms with Crippen molar-refractivity contribution in [3.05, 3.63) is 22.2 Å². The normalized spacial score (nSPS) is 18.5. The third-order valence-corrected chi connectivity index (χ3v) is 4.94. The Balaban J connectivity index is 2.06. The Kier molecular flexibility index (Phi) is 5.90. The third kappa shape index (κ3) is 4.11. The number of nitrogens with zero attached hydrogens (tertiary/aromatic N) is 1. The molecule has 1 aromatic rings. The van der Waals surface area contributed by atoms with Crippen molar-refractivity contribution in [2.45, 2.75) is 32.4 Å². The summed E-state index contributed by atoms with van der Waals surface area (Å²) in [5, 5.41) is 0. The zero-order valence-electron chi connectivity index (χ0n) is 13.1. The van der Waals surface area contributed by atoms with E-state index in [-0.39, 0.29) is 0 Å². The minimum Gasteiger partial charge on any atom is -0.496 e. The van der Waals surface area contributed by atoms with E-state index in [0.29, 0.717) is 12.0 Å². The van der Waals surface area contributed by atoms with Crippen molar-refractivity contribution in [3.63, 3.8) is 0 Å². The molecule has 1 saturated heterocycles. The average molecular weight is 357 g/mol. The van der Waals surface area contributed by atoms with Gasteiger partial charge in [0.1, 0.15) is 11.5 Å². The van der Waals surface area contributed by atoms with Crippen molar-refractivity contribution in [1.82, 2.24) is 4.90 Å². The van der Waals surface area contributed by atoms with Gasteiger partial charge < -0.3 is 15.2 Å². The lowest BCUT2D eigenvalue weighted by Crippen LogP contribution is -2.39. The van der Waals surface area contributed by atoms with E-state index < -0.39 is 0 Å². The Morgan fingerprint density at radius 3 is 2.38 bits per heavy atom. The predicted molar refractivity (Wildman–Crippen MR) is 88.9 cm³/mol. The maximum Gasteiger partial charge on any atom is 0.133 e. The molecule has 0 aliphatic carbocycles. The number of rotatable bonds is 5. The molecule has 4 nitrogen and oxygen atoms in total. The van der Waals surface area contributed by atoms with Crippen molar-refractivity contribution >= 4 is 15.9 Å². The second-order valence-corrected chi connectivity index (χ2v) is 6.63. The molecule has 0 radical (unpaired) electrons. The van der Waals surface area contributed by atoms with E-state index in [4.69, 9.17) is 15.2 Å². The van der Waals surface area contributed by atoms with Crippen LogP contribution in [0.5, 0.6) is 11.5 Å². The molecule has 5 heteroatoms. The summed E-state index contributed by atoms with van der Waals surface area (Å²) in [6.45, 7) is 5.18. The molecule has 2 N–H and O–H groups in total. The van der Waals surface area contributed by atoms with E-state index in [2.05, 4.69) is 33.8 Å². The number of nitrogens with two attached hydrogens (primary N) is 1. The van der Waals surface area contributed by atoms with Crippen LogP contribution in [0.2, 0.25) is 0 Å². The summed E-state index contributed by atoms with van der Waals surface area (Å²) in [5.74, 6) is 2.40. The standard InChI is InChI=1S/C16H25BrN2O2/c1-11(18)12-4-6-19(7-5-12)10-13-8-16(21-3)14(17)9-15(13)20-2/h8-9,11-12H,4-7,10,18H2,1-3H3. The third-order valence-electron chi connectivity index (χ3n) is 4.32. The van der Waals surface area contributed by atoms with Gasteiger partial charge in [0.15, 0.2) is 0 Å². The molecule has 1 aromatic carbocycles. The first-order chi connectivity index (χ1) is 10.0. The van der Waals surface area contributed by atoms with Crippen LogP contribution in [-0.4, -0.2) is 38.3 Å². The second kappa shape index (κ2) is 7.47. The highest BCUT2D eigenvalue weighted by molar-refractivity contribution is 9.10. The highest BCUT2D eigenvalue weighted by Gasteiger charge is 2.23. The van der Waals surface area contributed by atoms with Gasteiger partial charge >= 0.3 is 0 Å². The number of halogens is 1. The van der Waals surface area contributed by atoms with Crippen LogP contribution >= 0.6 is 15.9 Å². The molecule has 0 bridgehead atoms. The van der Waals surface area contributed by atoms with Crippen LogP contribution in [0.3, 0.4) is 0 Å². The highest BCUT2D eigenvalue weighted by Crippen LogP contribution is 2.34. The molecule has 118 valence electrons. The quantitative estimate of drug-likeness (QED) is 0.880. The lowest BCUT2D eigenvalue weighted by Gasteiger charge is -2.34. The predicted octanol–water partition coefficient (Wildman–Crippen LogP) is 3.03. The molecular formula is C16H25BrN2O2. The number of ether oxygens (including phenoxy) is 2. The molecule has 1 aliphatic heterocycles. The van der Waals surface area contributed by atoms with Crippen LogP contribution in [0.25, 0.3) is 0 Å². The number of hydrogen-bond acceptors (Lipinski definition) is 4. The minimum absolute atomic E-state index is 0.300. The molecule has 21 heavy (non-hydrogen) atoms. The molecule has 1 atom stereocenters. The Hall–Kier alpha value is -0.780. The van der Waals surface area contributed by atoms with Gasteiger partial charge in [-0.15, -0.1) is 0 Å². The van der Waals surface area contributed by atoms with Crippen LogP contribution in [0.15, 0.2) is 16.6 Å². The van der Waals surface area contributed by atoms with E-state index in [0.717, 1.165) is 41.2 Å². The molecule has 1 aliphatic rings. The van der Waals surface area contributed by atoms with E-state index in [1.54, 1.807) is 14.2 Å². The Labute approximate surface area is 135 Å². The highest BCUT2D eigenvalue weighted by atomic mass is 79.9. The van der Waals surface area contributed by atoms with Crippen LogP contribution in [-0.2, 0) is 6.54 Å². The van der Waals surface area contributed by atoms with Crippen molar-refractivity contribution in [2.75, 3.05) is 27.3 Å². The smallest absolute Gasteiger partial charge is 0.133 e. The number of hydrogen-bond donors (Lipinski definition) is 1. The van der Waals surface area contributed by atoms with Crippen LogP contribution in [0.1, 0.15) is 25.3 Å². The van der Waals surface area contributed by atoms with Crippen LogP contribution < -0.4 is 15.2 Å². The van der Waals surface area contributed by atoms with E-state index >= 15 is 0 Å². The molecule has 2 rings (SSSR count). The molecule has 0 saturated carbocycles. The van der Waals surface area contributed by atoms with Crippen LogP contribution in [0, 0.1) is 5.92 Å². The molecule has 1 unspecified atom stereocenters. The number of likely N-dealkylation sites (tertiary alicyclic amines) is 1. The molecule has 0 spiro atoms. The Bertz CT molecular complexity index is 472. The van der Waals surface area contributed by atoms with Crippen molar-refractivity contribution in [1.29, 1.82) is 0 Å². The van der Waals surface area contributed by atoms with E-state index in [1.807, 2.05) is 6.07 Å². The summed E-state index contributed by atoms with van der Waals surface area (Å²) in [6, 6.07) is 4.33. The zero-order chi connectivity index (χ0) is 15.4. The minimum atomic E-state index is 0.300. The summed E-state index contributed by atoms with van der Waals surface area (Å²) < 4.78 is 11.8. The zero-order valence-corrected chi connectivity index (χ0v) is 14.6. The van der Waals surface area contributed by atoms with Crippen molar-refractivity contribution in [2.24, 2.45) is 11.7 Å². The summed E-state index contributed by atoms with van der Waals surface area (Å²) in [5.41, 5.74) is 7.17. The number of benzene rings is 1. The topological polar surface area (TPSA) is 47.7 Å². The molecule has 1 heterocycles. The molecule has 0 aromatic heterocycles. The van der Waals surface area contributed by atoms with E-state index in [1.165, 1.54) is 12.8 Å². The fourth-order valence-electron chi connectivity index (χ4n) is 2.92.